The summed E-state index contributed by atoms with van der Waals surface area (Å²) in [7, 11) is 0. The van der Waals surface area contributed by atoms with Crippen LogP contribution in [0.15, 0.2) is 53.7 Å². The number of benzene rings is 2. The van der Waals surface area contributed by atoms with Crippen molar-refractivity contribution < 1.29 is 9.72 Å². The van der Waals surface area contributed by atoms with Gasteiger partial charge in [-0.3, -0.25) is 14.9 Å². The first-order valence-electron chi connectivity index (χ1n) is 8.59. The molecule has 30 heavy (non-hydrogen) atoms. The highest BCUT2D eigenvalue weighted by Crippen LogP contribution is 2.29. The summed E-state index contributed by atoms with van der Waals surface area (Å²) in [5.74, 6) is -0.0593. The van der Waals surface area contributed by atoms with Crippen LogP contribution in [0.1, 0.15) is 5.69 Å². The standard InChI is InChI=1S/C19H15N5O3S2.ClH/c1-11-17(12-5-3-2-4-6-12)23-18(20-11)28-10-16(25)22-19-21-14-8-7-13(24(26)27)9-15(14)29-19;/h2-9H,10H2,1H3,(H,20,23)(H,21,22,25);1H. The predicted molar refractivity (Wildman–Crippen MR) is 122 cm³/mol. The Morgan fingerprint density at radius 2 is 2.00 bits per heavy atom. The number of aromatic nitrogens is 3. The Hall–Kier alpha value is -2.95. The SMILES string of the molecule is Cc1[nH]c(SCC(=O)Nc2nc3ccc([N+](=O)[O-])cc3s2)nc1-c1ccccc1.Cl. The highest BCUT2D eigenvalue weighted by Gasteiger charge is 2.14. The van der Waals surface area contributed by atoms with E-state index in [1.807, 2.05) is 37.3 Å². The Labute approximate surface area is 185 Å². The van der Waals surface area contributed by atoms with Gasteiger partial charge in [0.05, 0.1) is 26.6 Å². The molecule has 0 saturated carbocycles. The third kappa shape index (κ3) is 4.78. The van der Waals surface area contributed by atoms with Gasteiger partial charge in [-0.15, -0.1) is 12.4 Å². The van der Waals surface area contributed by atoms with Crippen molar-refractivity contribution in [3.63, 3.8) is 0 Å². The molecule has 0 spiro atoms. The summed E-state index contributed by atoms with van der Waals surface area (Å²) in [6.45, 7) is 1.94. The molecule has 2 N–H and O–H groups in total. The molecule has 0 aliphatic heterocycles. The molecule has 8 nitrogen and oxygen atoms in total. The van der Waals surface area contributed by atoms with Gasteiger partial charge in [0.15, 0.2) is 10.3 Å². The van der Waals surface area contributed by atoms with Crippen LogP contribution >= 0.6 is 35.5 Å². The second-order valence-corrected chi connectivity index (χ2v) is 8.14. The number of H-pyrrole nitrogens is 1. The van der Waals surface area contributed by atoms with E-state index in [1.165, 1.54) is 35.2 Å². The van der Waals surface area contributed by atoms with Crippen molar-refractivity contribution in [1.29, 1.82) is 0 Å². The van der Waals surface area contributed by atoms with Crippen molar-refractivity contribution in [1.82, 2.24) is 15.0 Å². The highest BCUT2D eigenvalue weighted by molar-refractivity contribution is 7.99. The second-order valence-electron chi connectivity index (χ2n) is 6.15. The van der Waals surface area contributed by atoms with Gasteiger partial charge in [-0.25, -0.2) is 9.97 Å². The van der Waals surface area contributed by atoms with Gasteiger partial charge in [0.25, 0.3) is 5.69 Å². The van der Waals surface area contributed by atoms with Crippen molar-refractivity contribution in [3.8, 4) is 11.3 Å². The first-order valence-corrected chi connectivity index (χ1v) is 10.4. The van der Waals surface area contributed by atoms with E-state index in [0.717, 1.165) is 17.0 Å². The molecule has 0 aliphatic carbocycles. The van der Waals surface area contributed by atoms with E-state index in [1.54, 1.807) is 6.07 Å². The summed E-state index contributed by atoms with van der Waals surface area (Å²) in [6.07, 6.45) is 0. The van der Waals surface area contributed by atoms with Gasteiger partial charge in [-0.05, 0) is 13.0 Å². The maximum Gasteiger partial charge on any atom is 0.270 e. The lowest BCUT2D eigenvalue weighted by Crippen LogP contribution is -2.13. The minimum absolute atomic E-state index is 0. The van der Waals surface area contributed by atoms with E-state index in [4.69, 9.17) is 0 Å². The van der Waals surface area contributed by atoms with E-state index in [9.17, 15) is 14.9 Å². The topological polar surface area (TPSA) is 114 Å². The summed E-state index contributed by atoms with van der Waals surface area (Å²) in [5, 5.41) is 14.7. The van der Waals surface area contributed by atoms with Crippen molar-refractivity contribution in [2.24, 2.45) is 0 Å². The number of amides is 1. The Kier molecular flexibility index (Phi) is 6.70. The number of aryl methyl sites for hydroxylation is 1. The maximum atomic E-state index is 12.3. The van der Waals surface area contributed by atoms with Crippen molar-refractivity contribution in [2.75, 3.05) is 11.1 Å². The zero-order chi connectivity index (χ0) is 20.4. The molecule has 0 saturated heterocycles. The van der Waals surface area contributed by atoms with E-state index >= 15 is 0 Å². The van der Waals surface area contributed by atoms with Crippen LogP contribution in [0, 0.1) is 17.0 Å². The van der Waals surface area contributed by atoms with E-state index in [2.05, 4.69) is 20.3 Å². The van der Waals surface area contributed by atoms with Crippen molar-refractivity contribution in [3.05, 3.63) is 64.3 Å². The number of nitrogens with one attached hydrogen (secondary N) is 2. The summed E-state index contributed by atoms with van der Waals surface area (Å²) in [5.41, 5.74) is 3.42. The number of imidazole rings is 1. The predicted octanol–water partition coefficient (Wildman–Crippen LogP) is 5.06. The first kappa shape index (κ1) is 21.8. The fraction of sp³-hybridized carbons (Fsp3) is 0.105. The van der Waals surface area contributed by atoms with Crippen LogP contribution in [0.3, 0.4) is 0 Å². The Morgan fingerprint density at radius 3 is 2.73 bits per heavy atom. The van der Waals surface area contributed by atoms with Crippen LogP contribution in [0.5, 0.6) is 0 Å². The molecule has 2 heterocycles. The molecule has 0 radical (unpaired) electrons. The summed E-state index contributed by atoms with van der Waals surface area (Å²) in [6, 6.07) is 14.3. The van der Waals surface area contributed by atoms with Gasteiger partial charge < -0.3 is 10.3 Å². The smallest absolute Gasteiger partial charge is 0.270 e. The van der Waals surface area contributed by atoms with Crippen LogP contribution in [0.25, 0.3) is 21.5 Å². The largest absolute Gasteiger partial charge is 0.337 e. The summed E-state index contributed by atoms with van der Waals surface area (Å²) >= 11 is 2.50. The van der Waals surface area contributed by atoms with E-state index < -0.39 is 4.92 Å². The Bertz CT molecular complexity index is 1210. The van der Waals surface area contributed by atoms with Crippen LogP contribution in [0.2, 0.25) is 0 Å². The minimum atomic E-state index is -0.455. The van der Waals surface area contributed by atoms with Crippen LogP contribution in [-0.2, 0) is 4.79 Å². The van der Waals surface area contributed by atoms with E-state index in [0.29, 0.717) is 20.5 Å². The quantitative estimate of drug-likeness (QED) is 0.236. The average Bonchev–Trinajstić information content (AvgIpc) is 3.28. The summed E-state index contributed by atoms with van der Waals surface area (Å²) < 4.78 is 0.649. The van der Waals surface area contributed by atoms with Gasteiger partial charge in [0.2, 0.25) is 5.91 Å². The zero-order valence-corrected chi connectivity index (χ0v) is 18.1. The monoisotopic (exact) mass is 461 g/mol. The Balaban J connectivity index is 0.00000256. The minimum Gasteiger partial charge on any atom is -0.337 e. The number of nitro groups is 1. The fourth-order valence-electron chi connectivity index (χ4n) is 2.75. The lowest BCUT2D eigenvalue weighted by Gasteiger charge is -1.99. The number of fused-ring (bicyclic) bond motifs is 1. The molecule has 0 aliphatic rings. The number of hydrogen-bond acceptors (Lipinski definition) is 7. The molecule has 2 aromatic heterocycles. The lowest BCUT2D eigenvalue weighted by atomic mass is 10.1. The molecule has 0 fully saturated rings. The number of nitro benzene ring substituents is 1. The van der Waals surface area contributed by atoms with Crippen molar-refractivity contribution >= 4 is 62.4 Å². The first-order chi connectivity index (χ1) is 14.0. The number of thiazole rings is 1. The second kappa shape index (κ2) is 9.24. The molecule has 154 valence electrons. The van der Waals surface area contributed by atoms with Crippen LogP contribution < -0.4 is 5.32 Å². The van der Waals surface area contributed by atoms with E-state index in [-0.39, 0.29) is 29.8 Å². The number of anilines is 1. The third-order valence-electron chi connectivity index (χ3n) is 4.08. The van der Waals surface area contributed by atoms with Gasteiger partial charge >= 0.3 is 0 Å². The number of non-ortho nitro benzene ring substituents is 1. The molecular weight excluding hydrogens is 446 g/mol. The number of thioether (sulfide) groups is 1. The Morgan fingerprint density at radius 1 is 1.23 bits per heavy atom. The summed E-state index contributed by atoms with van der Waals surface area (Å²) in [4.78, 5) is 34.8. The number of rotatable bonds is 6. The number of aromatic amines is 1. The molecule has 1 amide bonds. The fourth-order valence-corrected chi connectivity index (χ4v) is 4.38. The van der Waals surface area contributed by atoms with Gasteiger partial charge in [0, 0.05) is 23.4 Å². The molecule has 11 heteroatoms. The number of hydrogen-bond donors (Lipinski definition) is 2. The zero-order valence-electron chi connectivity index (χ0n) is 15.6. The number of halogens is 1. The number of nitrogens with zero attached hydrogens (tertiary/aromatic N) is 3. The van der Waals surface area contributed by atoms with Crippen molar-refractivity contribution in [2.45, 2.75) is 12.1 Å². The van der Waals surface area contributed by atoms with Crippen LogP contribution in [-0.4, -0.2) is 31.5 Å². The third-order valence-corrected chi connectivity index (χ3v) is 5.89. The van der Waals surface area contributed by atoms with Gasteiger partial charge in [0.1, 0.15) is 0 Å². The molecular formula is C19H16ClN5O3S2. The average molecular weight is 462 g/mol. The number of carbonyl (C=O) groups is 1. The van der Waals surface area contributed by atoms with Gasteiger partial charge in [-0.1, -0.05) is 53.4 Å². The molecule has 0 unspecified atom stereocenters. The molecule has 4 aromatic rings. The molecule has 0 bridgehead atoms. The van der Waals surface area contributed by atoms with Gasteiger partial charge in [-0.2, -0.15) is 0 Å². The highest BCUT2D eigenvalue weighted by atomic mass is 35.5. The maximum absolute atomic E-state index is 12.3. The molecule has 2 aromatic carbocycles. The molecule has 0 atom stereocenters. The normalized spacial score (nSPS) is 10.6. The number of carbonyl (C=O) groups excluding carboxylic acids is 1. The lowest BCUT2D eigenvalue weighted by molar-refractivity contribution is -0.384. The molecule has 4 rings (SSSR count). The van der Waals surface area contributed by atoms with Crippen LogP contribution in [0.4, 0.5) is 10.8 Å².